The molecule has 38 heavy (non-hydrogen) atoms. The van der Waals surface area contributed by atoms with E-state index in [9.17, 15) is 5.11 Å². The lowest BCUT2D eigenvalue weighted by Crippen LogP contribution is -2.74. The molecule has 5 aliphatic carbocycles. The molecular formula is C32H39NO5. The van der Waals surface area contributed by atoms with Crippen molar-refractivity contribution in [1.29, 1.82) is 0 Å². The molecule has 0 amide bonds. The van der Waals surface area contributed by atoms with Crippen LogP contribution in [0.3, 0.4) is 0 Å². The van der Waals surface area contributed by atoms with Gasteiger partial charge in [0, 0.05) is 59.0 Å². The zero-order valence-corrected chi connectivity index (χ0v) is 22.6. The predicted molar refractivity (Wildman–Crippen MR) is 140 cm³/mol. The third-order valence-electron chi connectivity index (χ3n) is 12.6. The molecule has 3 heterocycles. The summed E-state index contributed by atoms with van der Waals surface area (Å²) in [7, 11) is 1.88. The van der Waals surface area contributed by atoms with Gasteiger partial charge >= 0.3 is 0 Å². The van der Waals surface area contributed by atoms with Gasteiger partial charge in [-0.15, -0.1) is 0 Å². The lowest BCUT2D eigenvalue weighted by Gasteiger charge is -2.68. The molecule has 2 aromatic rings. The molecule has 5 fully saturated rings. The lowest BCUT2D eigenvalue weighted by atomic mass is 9.40. The molecule has 4 saturated carbocycles. The molecule has 3 spiro atoms. The van der Waals surface area contributed by atoms with Crippen LogP contribution in [-0.2, 0) is 27.9 Å². The van der Waals surface area contributed by atoms with Crippen molar-refractivity contribution in [3.63, 3.8) is 0 Å². The van der Waals surface area contributed by atoms with Gasteiger partial charge in [-0.2, -0.15) is 0 Å². The second kappa shape index (κ2) is 7.18. The summed E-state index contributed by atoms with van der Waals surface area (Å²) in [5, 5.41) is 11.1. The molecule has 2 aliphatic heterocycles. The number of nitrogens with zero attached hydrogens (tertiary/aromatic N) is 1. The van der Waals surface area contributed by atoms with E-state index in [1.807, 2.05) is 19.2 Å². The molecule has 202 valence electrons. The van der Waals surface area contributed by atoms with Crippen LogP contribution < -0.4 is 4.74 Å². The second-order valence-corrected chi connectivity index (χ2v) is 14.2. The van der Waals surface area contributed by atoms with Crippen molar-refractivity contribution in [2.45, 2.75) is 82.1 Å². The summed E-state index contributed by atoms with van der Waals surface area (Å²) in [4.78, 5) is 2.90. The number of likely N-dealkylation sites (tertiary alicyclic amines) is 1. The maximum absolute atomic E-state index is 11.1. The summed E-state index contributed by atoms with van der Waals surface area (Å²) in [5.74, 6) is 2.41. The number of phenols is 1. The minimum Gasteiger partial charge on any atom is -0.504 e. The standard InChI is InChI=1S/C32H39NO5/c1-19-7-9-31-16-30(19,18-37-14-21-8-10-36-13-21)26(35-2)27-32(31)15-29(17-33(28(29)31)12-20-3-4-20)11-22-5-6-23(34)25(38-27)24(22)32/h5-6,8,10,13,19-20,26-28,34H,3-4,7,9,11-12,14-18H2,1-2H3/t19?,26?,27-,28+,29?,30-,31+,32-/m0/s1. The predicted octanol–water partition coefficient (Wildman–Crippen LogP) is 5.06. The van der Waals surface area contributed by atoms with E-state index >= 15 is 0 Å². The van der Waals surface area contributed by atoms with E-state index in [-0.39, 0.29) is 28.5 Å². The van der Waals surface area contributed by atoms with Gasteiger partial charge in [0.15, 0.2) is 11.5 Å². The number of furan rings is 1. The van der Waals surface area contributed by atoms with Crippen LogP contribution in [-0.4, -0.2) is 55.1 Å². The number of hydrogen-bond acceptors (Lipinski definition) is 6. The molecule has 1 N–H and O–H groups in total. The van der Waals surface area contributed by atoms with Crippen molar-refractivity contribution in [2.24, 2.45) is 28.1 Å². The van der Waals surface area contributed by atoms with E-state index in [4.69, 9.17) is 18.6 Å². The van der Waals surface area contributed by atoms with Gasteiger partial charge < -0.3 is 23.7 Å². The van der Waals surface area contributed by atoms with Crippen molar-refractivity contribution in [1.82, 2.24) is 4.90 Å². The number of phenolic OH excluding ortho intramolecular Hbond substituents is 1. The van der Waals surface area contributed by atoms with Gasteiger partial charge in [-0.3, -0.25) is 4.90 Å². The van der Waals surface area contributed by atoms with Crippen molar-refractivity contribution in [2.75, 3.05) is 26.8 Å². The van der Waals surface area contributed by atoms with Crippen molar-refractivity contribution in [3.05, 3.63) is 47.4 Å². The molecule has 1 aromatic carbocycles. The zero-order valence-electron chi connectivity index (χ0n) is 22.6. The quantitative estimate of drug-likeness (QED) is 0.554. The first-order valence-corrected chi connectivity index (χ1v) is 14.8. The van der Waals surface area contributed by atoms with E-state index in [0.29, 0.717) is 36.3 Å². The Morgan fingerprint density at radius 2 is 2.05 bits per heavy atom. The van der Waals surface area contributed by atoms with Crippen molar-refractivity contribution in [3.8, 4) is 11.5 Å². The Hall–Kier alpha value is -2.02. The number of methoxy groups -OCH3 is 1. The molecule has 6 heteroatoms. The Bertz CT molecular complexity index is 1310. The maximum Gasteiger partial charge on any atom is 0.165 e. The Labute approximate surface area is 224 Å². The molecule has 9 rings (SSSR count). The highest BCUT2D eigenvalue weighted by atomic mass is 16.5. The van der Waals surface area contributed by atoms with Crippen molar-refractivity contribution < 1.29 is 23.7 Å². The highest BCUT2D eigenvalue weighted by molar-refractivity contribution is 5.64. The first-order chi connectivity index (χ1) is 18.5. The fourth-order valence-electron chi connectivity index (χ4n) is 11.4. The van der Waals surface area contributed by atoms with Gasteiger partial charge in [0.2, 0.25) is 0 Å². The third-order valence-corrected chi connectivity index (χ3v) is 12.6. The second-order valence-electron chi connectivity index (χ2n) is 14.2. The molecule has 1 saturated heterocycles. The van der Waals surface area contributed by atoms with Crippen LogP contribution >= 0.6 is 0 Å². The van der Waals surface area contributed by atoms with Crippen LogP contribution in [0.4, 0.5) is 0 Å². The SMILES string of the molecule is COC1[C@@H]2Oc3c(O)ccc4c3[C@@]23CC2(C4)CN(CC4CC4)[C@H]2[C@]32CCC(C)[C@@]1(COCc1ccoc1)C2. The average molecular weight is 518 g/mol. The Morgan fingerprint density at radius 3 is 2.84 bits per heavy atom. The van der Waals surface area contributed by atoms with Crippen LogP contribution in [0.15, 0.2) is 35.1 Å². The fourth-order valence-corrected chi connectivity index (χ4v) is 11.4. The number of fused-ring (bicyclic) bond motifs is 1. The molecular weight excluding hydrogens is 478 g/mol. The third kappa shape index (κ3) is 2.44. The molecule has 6 nitrogen and oxygen atoms in total. The molecule has 7 aliphatic rings. The molecule has 1 aromatic heterocycles. The van der Waals surface area contributed by atoms with E-state index in [1.165, 1.54) is 56.3 Å². The first-order valence-electron chi connectivity index (χ1n) is 14.8. The van der Waals surface area contributed by atoms with Crippen LogP contribution in [0.25, 0.3) is 0 Å². The fraction of sp³-hybridized carbons (Fsp3) is 0.688. The van der Waals surface area contributed by atoms with Crippen LogP contribution in [0.1, 0.15) is 62.1 Å². The van der Waals surface area contributed by atoms with Gasteiger partial charge in [0.05, 0.1) is 25.7 Å². The largest absolute Gasteiger partial charge is 0.504 e. The number of aromatic hydroxyl groups is 1. The molecule has 8 atom stereocenters. The van der Waals surface area contributed by atoms with E-state index in [1.54, 1.807) is 12.5 Å². The molecule has 3 unspecified atom stereocenters. The highest BCUT2D eigenvalue weighted by Gasteiger charge is 2.86. The summed E-state index contributed by atoms with van der Waals surface area (Å²) in [6.07, 6.45) is 12.0. The minimum atomic E-state index is -0.135. The monoisotopic (exact) mass is 517 g/mol. The van der Waals surface area contributed by atoms with Gasteiger partial charge in [-0.1, -0.05) is 13.0 Å². The van der Waals surface area contributed by atoms with Crippen molar-refractivity contribution >= 4 is 0 Å². The minimum absolute atomic E-state index is 0.0838. The summed E-state index contributed by atoms with van der Waals surface area (Å²) in [6.45, 7) is 6.11. The van der Waals surface area contributed by atoms with Gasteiger partial charge in [0.1, 0.15) is 12.2 Å². The van der Waals surface area contributed by atoms with Gasteiger partial charge in [-0.25, -0.2) is 0 Å². The summed E-state index contributed by atoms with van der Waals surface area (Å²) in [6, 6.07) is 6.67. The van der Waals surface area contributed by atoms with Crippen LogP contribution in [0, 0.1) is 28.1 Å². The lowest BCUT2D eigenvalue weighted by molar-refractivity contribution is -0.244. The van der Waals surface area contributed by atoms with Gasteiger partial charge in [-0.05, 0) is 74.5 Å². The topological polar surface area (TPSA) is 64.3 Å². The highest BCUT2D eigenvalue weighted by Crippen LogP contribution is 2.83. The number of benzene rings is 1. The van der Waals surface area contributed by atoms with Crippen LogP contribution in [0.5, 0.6) is 11.5 Å². The Morgan fingerprint density at radius 1 is 1.16 bits per heavy atom. The smallest absolute Gasteiger partial charge is 0.165 e. The Balaban J connectivity index is 1.21. The normalized spacial score (nSPS) is 45.3. The summed E-state index contributed by atoms with van der Waals surface area (Å²) in [5.41, 5.74) is 4.06. The van der Waals surface area contributed by atoms with E-state index in [2.05, 4.69) is 17.9 Å². The number of hydrogen-bond donors (Lipinski definition) is 1. The number of rotatable bonds is 7. The Kier molecular flexibility index (Phi) is 4.30. The van der Waals surface area contributed by atoms with Gasteiger partial charge in [0.25, 0.3) is 0 Å². The number of ether oxygens (including phenoxy) is 3. The summed E-state index contributed by atoms with van der Waals surface area (Å²) < 4.78 is 25.4. The first kappa shape index (κ1) is 22.8. The van der Waals surface area contributed by atoms with E-state index < -0.39 is 0 Å². The zero-order chi connectivity index (χ0) is 25.5. The van der Waals surface area contributed by atoms with E-state index in [0.717, 1.165) is 30.1 Å². The maximum atomic E-state index is 11.1. The summed E-state index contributed by atoms with van der Waals surface area (Å²) >= 11 is 0. The average Bonchev–Trinajstić information content (AvgIpc) is 3.37. The van der Waals surface area contributed by atoms with Crippen LogP contribution in [0.2, 0.25) is 0 Å². The molecule has 4 bridgehead atoms. The molecule has 0 radical (unpaired) electrons.